The van der Waals surface area contributed by atoms with Crippen molar-refractivity contribution in [3.05, 3.63) is 83.4 Å². The highest BCUT2D eigenvalue weighted by atomic mass is 15.0. The van der Waals surface area contributed by atoms with Gasteiger partial charge in [0.2, 0.25) is 0 Å². The van der Waals surface area contributed by atoms with E-state index in [1.807, 2.05) is 6.07 Å². The molecule has 0 aromatic heterocycles. The molecule has 1 aliphatic carbocycles. The fourth-order valence-electron chi connectivity index (χ4n) is 3.18. The first kappa shape index (κ1) is 14.6. The Kier molecular flexibility index (Phi) is 3.89. The van der Waals surface area contributed by atoms with Crippen molar-refractivity contribution < 1.29 is 0 Å². The smallest absolute Gasteiger partial charge is 0.0575 e. The summed E-state index contributed by atoms with van der Waals surface area (Å²) in [4.78, 5) is 0. The molecule has 1 heteroatoms. The monoisotopic (exact) mass is 289 g/mol. The van der Waals surface area contributed by atoms with E-state index in [0.717, 1.165) is 12.1 Å². The molecule has 0 amide bonds. The maximum atomic E-state index is 3.67. The molecule has 0 fully saturated rings. The van der Waals surface area contributed by atoms with E-state index in [1.165, 1.54) is 22.3 Å². The van der Waals surface area contributed by atoms with Crippen LogP contribution in [0.15, 0.2) is 72.3 Å². The van der Waals surface area contributed by atoms with Gasteiger partial charge >= 0.3 is 0 Å². The lowest BCUT2D eigenvalue weighted by Gasteiger charge is -2.31. The predicted molar refractivity (Wildman–Crippen MR) is 95.9 cm³/mol. The zero-order chi connectivity index (χ0) is 15.6. The van der Waals surface area contributed by atoms with Gasteiger partial charge in [-0.1, -0.05) is 54.6 Å². The molecular weight excluding hydrogens is 266 g/mol. The van der Waals surface area contributed by atoms with Gasteiger partial charge in [-0.3, -0.25) is 0 Å². The summed E-state index contributed by atoms with van der Waals surface area (Å²) in [7, 11) is 0. The van der Waals surface area contributed by atoms with Crippen molar-refractivity contribution in [3.63, 3.8) is 0 Å². The first-order chi connectivity index (χ1) is 10.6. The Balaban J connectivity index is 1.99. The SMILES string of the molecule is CC1=C(c2ccccc2C(C)(C)Nc2ccccc2)CC=C1. The van der Waals surface area contributed by atoms with Crippen molar-refractivity contribution in [2.45, 2.75) is 32.7 Å². The Morgan fingerprint density at radius 3 is 2.27 bits per heavy atom. The van der Waals surface area contributed by atoms with Gasteiger partial charge in [0.05, 0.1) is 5.54 Å². The van der Waals surface area contributed by atoms with Gasteiger partial charge in [-0.05, 0) is 61.6 Å². The van der Waals surface area contributed by atoms with Crippen LogP contribution in [0.4, 0.5) is 5.69 Å². The van der Waals surface area contributed by atoms with Crippen molar-refractivity contribution in [1.82, 2.24) is 0 Å². The lowest BCUT2D eigenvalue weighted by Crippen LogP contribution is -2.29. The normalized spacial score (nSPS) is 14.5. The van der Waals surface area contributed by atoms with Gasteiger partial charge in [-0.15, -0.1) is 0 Å². The summed E-state index contributed by atoms with van der Waals surface area (Å²) < 4.78 is 0. The van der Waals surface area contributed by atoms with E-state index in [2.05, 4.69) is 86.8 Å². The van der Waals surface area contributed by atoms with Gasteiger partial charge < -0.3 is 5.32 Å². The van der Waals surface area contributed by atoms with Crippen molar-refractivity contribution in [2.75, 3.05) is 5.32 Å². The van der Waals surface area contributed by atoms with Crippen molar-refractivity contribution in [1.29, 1.82) is 0 Å². The molecule has 1 nitrogen and oxygen atoms in total. The van der Waals surface area contributed by atoms with Crippen LogP contribution in [0, 0.1) is 0 Å². The molecule has 3 rings (SSSR count). The molecule has 22 heavy (non-hydrogen) atoms. The summed E-state index contributed by atoms with van der Waals surface area (Å²) >= 11 is 0. The number of hydrogen-bond donors (Lipinski definition) is 1. The van der Waals surface area contributed by atoms with Crippen LogP contribution in [0.1, 0.15) is 38.3 Å². The zero-order valence-corrected chi connectivity index (χ0v) is 13.6. The summed E-state index contributed by atoms with van der Waals surface area (Å²) in [6.45, 7) is 6.70. The number of allylic oxidation sites excluding steroid dienone is 4. The van der Waals surface area contributed by atoms with Crippen molar-refractivity contribution in [2.24, 2.45) is 0 Å². The van der Waals surface area contributed by atoms with E-state index < -0.39 is 0 Å². The first-order valence-corrected chi connectivity index (χ1v) is 7.87. The summed E-state index contributed by atoms with van der Waals surface area (Å²) in [5, 5.41) is 3.67. The first-order valence-electron chi connectivity index (χ1n) is 7.87. The average molecular weight is 289 g/mol. The van der Waals surface area contributed by atoms with Crippen LogP contribution in [0.5, 0.6) is 0 Å². The number of hydrogen-bond acceptors (Lipinski definition) is 1. The van der Waals surface area contributed by atoms with E-state index in [4.69, 9.17) is 0 Å². The number of nitrogens with one attached hydrogen (secondary N) is 1. The molecule has 1 aliphatic rings. The molecule has 0 spiro atoms. The molecule has 0 heterocycles. The highest BCUT2D eigenvalue weighted by molar-refractivity contribution is 5.77. The molecule has 0 unspecified atom stereocenters. The van der Waals surface area contributed by atoms with Gasteiger partial charge in [0.15, 0.2) is 0 Å². The highest BCUT2D eigenvalue weighted by Crippen LogP contribution is 2.36. The van der Waals surface area contributed by atoms with E-state index in [1.54, 1.807) is 0 Å². The maximum Gasteiger partial charge on any atom is 0.0575 e. The fourth-order valence-corrected chi connectivity index (χ4v) is 3.18. The van der Waals surface area contributed by atoms with Crippen LogP contribution < -0.4 is 5.32 Å². The highest BCUT2D eigenvalue weighted by Gasteiger charge is 2.25. The van der Waals surface area contributed by atoms with Gasteiger partial charge in [0, 0.05) is 5.69 Å². The van der Waals surface area contributed by atoms with Gasteiger partial charge in [-0.25, -0.2) is 0 Å². The molecule has 2 aromatic rings. The summed E-state index contributed by atoms with van der Waals surface area (Å²) in [5.74, 6) is 0. The molecule has 0 atom stereocenters. The third kappa shape index (κ3) is 2.85. The van der Waals surface area contributed by atoms with Crippen LogP contribution in [-0.4, -0.2) is 0 Å². The van der Waals surface area contributed by atoms with E-state index in [0.29, 0.717) is 0 Å². The molecule has 2 aromatic carbocycles. The molecule has 0 saturated carbocycles. The standard InChI is InChI=1S/C21H23N/c1-16-10-9-14-18(16)19-13-7-8-15-20(19)21(2,3)22-17-11-5-4-6-12-17/h4-13,15,22H,14H2,1-3H3. The summed E-state index contributed by atoms with van der Waals surface area (Å²) in [6, 6.07) is 19.2. The molecule has 0 bridgehead atoms. The van der Waals surface area contributed by atoms with Gasteiger partial charge in [0.1, 0.15) is 0 Å². The predicted octanol–water partition coefficient (Wildman–Crippen LogP) is 5.77. The molecule has 112 valence electrons. The second kappa shape index (κ2) is 5.84. The third-order valence-corrected chi connectivity index (χ3v) is 4.32. The minimum absolute atomic E-state index is 0.131. The Morgan fingerprint density at radius 1 is 0.909 bits per heavy atom. The van der Waals surface area contributed by atoms with Crippen LogP contribution in [-0.2, 0) is 5.54 Å². The Morgan fingerprint density at radius 2 is 1.59 bits per heavy atom. The quantitative estimate of drug-likeness (QED) is 0.753. The maximum absolute atomic E-state index is 3.67. The minimum atomic E-state index is -0.131. The number of para-hydroxylation sites is 1. The Hall–Kier alpha value is -2.28. The molecule has 0 aliphatic heterocycles. The largest absolute Gasteiger partial charge is 0.376 e. The Labute approximate surface area is 133 Å². The number of benzene rings is 2. The molecule has 0 saturated heterocycles. The lowest BCUT2D eigenvalue weighted by atomic mass is 9.85. The second-order valence-electron chi connectivity index (χ2n) is 6.43. The van der Waals surface area contributed by atoms with E-state index >= 15 is 0 Å². The second-order valence-corrected chi connectivity index (χ2v) is 6.43. The lowest BCUT2D eigenvalue weighted by molar-refractivity contribution is 0.607. The van der Waals surface area contributed by atoms with E-state index in [-0.39, 0.29) is 5.54 Å². The average Bonchev–Trinajstić information content (AvgIpc) is 2.94. The van der Waals surface area contributed by atoms with Crippen molar-refractivity contribution >= 4 is 11.3 Å². The molecular formula is C21H23N. The van der Waals surface area contributed by atoms with Crippen LogP contribution in [0.3, 0.4) is 0 Å². The van der Waals surface area contributed by atoms with E-state index in [9.17, 15) is 0 Å². The fraction of sp³-hybridized carbons (Fsp3) is 0.238. The number of anilines is 1. The van der Waals surface area contributed by atoms with Gasteiger partial charge in [-0.2, -0.15) is 0 Å². The van der Waals surface area contributed by atoms with Gasteiger partial charge in [0.25, 0.3) is 0 Å². The Bertz CT molecular complexity index is 721. The van der Waals surface area contributed by atoms with Crippen molar-refractivity contribution in [3.8, 4) is 0 Å². The summed E-state index contributed by atoms with van der Waals surface area (Å²) in [5.41, 5.74) is 6.54. The number of rotatable bonds is 4. The van der Waals surface area contributed by atoms with Crippen LogP contribution in [0.2, 0.25) is 0 Å². The molecule has 0 radical (unpaired) electrons. The zero-order valence-electron chi connectivity index (χ0n) is 13.6. The minimum Gasteiger partial charge on any atom is -0.376 e. The topological polar surface area (TPSA) is 12.0 Å². The summed E-state index contributed by atoms with van der Waals surface area (Å²) in [6.07, 6.45) is 5.51. The van der Waals surface area contributed by atoms with Crippen LogP contribution >= 0.6 is 0 Å². The van der Waals surface area contributed by atoms with Crippen LogP contribution in [0.25, 0.3) is 5.57 Å². The third-order valence-electron chi connectivity index (χ3n) is 4.32. The molecule has 1 N–H and O–H groups in total.